The van der Waals surface area contributed by atoms with E-state index in [1.165, 1.54) is 5.69 Å². The average molecular weight is 239 g/mol. The van der Waals surface area contributed by atoms with Gasteiger partial charge in [-0.25, -0.2) is 0 Å². The topological polar surface area (TPSA) is 50.1 Å². The number of aliphatic hydroxyl groups excluding tert-OH is 1. The van der Waals surface area contributed by atoms with Crippen LogP contribution in [0.1, 0.15) is 32.4 Å². The van der Waals surface area contributed by atoms with Crippen molar-refractivity contribution in [2.24, 2.45) is 13.0 Å². The number of hydrogen-bond donors (Lipinski definition) is 2. The van der Waals surface area contributed by atoms with Crippen molar-refractivity contribution in [2.75, 3.05) is 13.1 Å². The fraction of sp³-hybridized carbons (Fsp3) is 0.769. The zero-order valence-corrected chi connectivity index (χ0v) is 11.2. The molecule has 1 rings (SSSR count). The lowest BCUT2D eigenvalue weighted by Gasteiger charge is -2.20. The molecule has 0 fully saturated rings. The number of nitrogens with zero attached hydrogens (tertiary/aromatic N) is 2. The van der Waals surface area contributed by atoms with Gasteiger partial charge in [0.05, 0.1) is 6.10 Å². The Morgan fingerprint density at radius 2 is 2.12 bits per heavy atom. The van der Waals surface area contributed by atoms with Gasteiger partial charge in [0, 0.05) is 38.4 Å². The van der Waals surface area contributed by atoms with Gasteiger partial charge in [-0.1, -0.05) is 26.7 Å². The van der Waals surface area contributed by atoms with Crippen molar-refractivity contribution < 1.29 is 5.11 Å². The van der Waals surface area contributed by atoms with Crippen LogP contribution in [0.15, 0.2) is 12.3 Å². The Balaban J connectivity index is 2.18. The van der Waals surface area contributed by atoms with Gasteiger partial charge in [0.25, 0.3) is 0 Å². The average Bonchev–Trinajstić information content (AvgIpc) is 2.72. The second kappa shape index (κ2) is 7.45. The summed E-state index contributed by atoms with van der Waals surface area (Å²) in [5.41, 5.74) is 1.22. The van der Waals surface area contributed by atoms with Crippen LogP contribution >= 0.6 is 0 Å². The largest absolute Gasteiger partial charge is 0.392 e. The summed E-state index contributed by atoms with van der Waals surface area (Å²) < 4.78 is 1.89. The highest BCUT2D eigenvalue weighted by Gasteiger charge is 2.14. The van der Waals surface area contributed by atoms with Crippen LogP contribution in [0.5, 0.6) is 0 Å². The van der Waals surface area contributed by atoms with Crippen molar-refractivity contribution in [3.8, 4) is 0 Å². The minimum atomic E-state index is -0.225. The summed E-state index contributed by atoms with van der Waals surface area (Å²) in [6, 6.07) is 2.03. The maximum absolute atomic E-state index is 9.94. The Hall–Kier alpha value is -0.870. The molecule has 1 atom stereocenters. The molecule has 0 aliphatic heterocycles. The van der Waals surface area contributed by atoms with Crippen LogP contribution in [0, 0.1) is 5.92 Å². The maximum atomic E-state index is 9.94. The molecular formula is C13H25N3O. The molecule has 0 spiro atoms. The van der Waals surface area contributed by atoms with Gasteiger partial charge in [-0.05, 0) is 12.0 Å². The van der Waals surface area contributed by atoms with Crippen molar-refractivity contribution in [2.45, 2.75) is 39.2 Å². The minimum absolute atomic E-state index is 0.225. The number of aromatic nitrogens is 2. The molecule has 0 aliphatic rings. The summed E-state index contributed by atoms with van der Waals surface area (Å²) in [5.74, 6) is 0.416. The van der Waals surface area contributed by atoms with E-state index in [1.807, 2.05) is 24.0 Å². The van der Waals surface area contributed by atoms with Crippen molar-refractivity contribution in [1.82, 2.24) is 15.1 Å². The van der Waals surface area contributed by atoms with Gasteiger partial charge in [0.15, 0.2) is 0 Å². The first kappa shape index (κ1) is 14.2. The molecular weight excluding hydrogens is 214 g/mol. The predicted octanol–water partition coefficient (Wildman–Crippen LogP) is 1.35. The molecule has 0 aliphatic carbocycles. The lowest BCUT2D eigenvalue weighted by Crippen LogP contribution is -2.33. The zero-order chi connectivity index (χ0) is 12.7. The van der Waals surface area contributed by atoms with E-state index in [0.717, 1.165) is 25.8 Å². The van der Waals surface area contributed by atoms with E-state index in [0.29, 0.717) is 12.5 Å². The highest BCUT2D eigenvalue weighted by atomic mass is 16.3. The second-order valence-corrected chi connectivity index (χ2v) is 4.54. The monoisotopic (exact) mass is 239 g/mol. The third-order valence-corrected chi connectivity index (χ3v) is 3.43. The van der Waals surface area contributed by atoms with E-state index in [4.69, 9.17) is 0 Å². The summed E-state index contributed by atoms with van der Waals surface area (Å²) in [7, 11) is 1.95. The summed E-state index contributed by atoms with van der Waals surface area (Å²) in [5, 5.41) is 17.4. The molecule has 0 saturated heterocycles. The van der Waals surface area contributed by atoms with Crippen molar-refractivity contribution in [3.05, 3.63) is 18.0 Å². The van der Waals surface area contributed by atoms with Gasteiger partial charge in [0.2, 0.25) is 0 Å². The van der Waals surface area contributed by atoms with Crippen molar-refractivity contribution in [1.29, 1.82) is 0 Å². The number of aryl methyl sites for hydroxylation is 1. The van der Waals surface area contributed by atoms with Crippen LogP contribution in [0.25, 0.3) is 0 Å². The summed E-state index contributed by atoms with van der Waals surface area (Å²) >= 11 is 0. The molecule has 1 aromatic rings. The smallest absolute Gasteiger partial charge is 0.0692 e. The van der Waals surface area contributed by atoms with Crippen LogP contribution in [-0.4, -0.2) is 34.1 Å². The first-order chi connectivity index (χ1) is 8.19. The summed E-state index contributed by atoms with van der Waals surface area (Å²) in [4.78, 5) is 0. The Labute approximate surface area is 104 Å². The lowest BCUT2D eigenvalue weighted by atomic mass is 9.96. The molecule has 0 bridgehead atoms. The molecule has 1 aromatic heterocycles. The summed E-state index contributed by atoms with van der Waals surface area (Å²) in [6.45, 7) is 5.83. The standard InChI is InChI=1S/C13H25N3O/c1-4-11(5-2)13(17)10-14-8-6-12-7-9-15-16(12)3/h7,9,11,13-14,17H,4-6,8,10H2,1-3H3. The molecule has 4 nitrogen and oxygen atoms in total. The Morgan fingerprint density at radius 1 is 1.41 bits per heavy atom. The number of nitrogens with one attached hydrogen (secondary N) is 1. The number of aliphatic hydroxyl groups is 1. The van der Waals surface area contributed by atoms with Gasteiger partial charge >= 0.3 is 0 Å². The van der Waals surface area contributed by atoms with Gasteiger partial charge < -0.3 is 10.4 Å². The summed E-state index contributed by atoms with van der Waals surface area (Å²) in [6.07, 6.45) is 4.62. The van der Waals surface area contributed by atoms with Crippen LogP contribution in [0.4, 0.5) is 0 Å². The highest BCUT2D eigenvalue weighted by molar-refractivity contribution is 5.00. The van der Waals surface area contributed by atoms with E-state index >= 15 is 0 Å². The SMILES string of the molecule is CCC(CC)C(O)CNCCc1ccnn1C. The normalized spacial score (nSPS) is 13.2. The van der Waals surface area contributed by atoms with E-state index in [-0.39, 0.29) is 6.10 Å². The molecule has 2 N–H and O–H groups in total. The molecule has 1 unspecified atom stereocenters. The van der Waals surface area contributed by atoms with Crippen LogP contribution in [-0.2, 0) is 13.5 Å². The van der Waals surface area contributed by atoms with Crippen molar-refractivity contribution >= 4 is 0 Å². The molecule has 1 heterocycles. The van der Waals surface area contributed by atoms with E-state index < -0.39 is 0 Å². The third-order valence-electron chi connectivity index (χ3n) is 3.43. The van der Waals surface area contributed by atoms with E-state index in [2.05, 4.69) is 24.3 Å². The molecule has 0 amide bonds. The molecule has 0 aromatic carbocycles. The first-order valence-electron chi connectivity index (χ1n) is 6.54. The zero-order valence-electron chi connectivity index (χ0n) is 11.2. The Morgan fingerprint density at radius 3 is 2.65 bits per heavy atom. The lowest BCUT2D eigenvalue weighted by molar-refractivity contribution is 0.102. The fourth-order valence-corrected chi connectivity index (χ4v) is 2.11. The molecule has 17 heavy (non-hydrogen) atoms. The quantitative estimate of drug-likeness (QED) is 0.673. The van der Waals surface area contributed by atoms with E-state index in [1.54, 1.807) is 0 Å². The van der Waals surface area contributed by atoms with Crippen LogP contribution in [0.3, 0.4) is 0 Å². The predicted molar refractivity (Wildman–Crippen MR) is 69.9 cm³/mol. The van der Waals surface area contributed by atoms with Crippen LogP contribution in [0.2, 0.25) is 0 Å². The number of rotatable bonds is 8. The van der Waals surface area contributed by atoms with Crippen molar-refractivity contribution in [3.63, 3.8) is 0 Å². The Kier molecular flexibility index (Phi) is 6.22. The molecule has 98 valence electrons. The number of hydrogen-bond acceptors (Lipinski definition) is 3. The fourth-order valence-electron chi connectivity index (χ4n) is 2.11. The van der Waals surface area contributed by atoms with Gasteiger partial charge in [-0.3, -0.25) is 4.68 Å². The van der Waals surface area contributed by atoms with Gasteiger partial charge in [-0.15, -0.1) is 0 Å². The highest BCUT2D eigenvalue weighted by Crippen LogP contribution is 2.12. The molecule has 0 saturated carbocycles. The van der Waals surface area contributed by atoms with Crippen LogP contribution < -0.4 is 5.32 Å². The Bertz CT molecular complexity index is 307. The van der Waals surface area contributed by atoms with Gasteiger partial charge in [0.1, 0.15) is 0 Å². The molecule has 4 heteroatoms. The van der Waals surface area contributed by atoms with Gasteiger partial charge in [-0.2, -0.15) is 5.10 Å². The third kappa shape index (κ3) is 4.48. The van der Waals surface area contributed by atoms with E-state index in [9.17, 15) is 5.11 Å². The second-order valence-electron chi connectivity index (χ2n) is 4.54. The first-order valence-corrected chi connectivity index (χ1v) is 6.54. The maximum Gasteiger partial charge on any atom is 0.0692 e. The molecule has 0 radical (unpaired) electrons. The minimum Gasteiger partial charge on any atom is -0.392 e.